The van der Waals surface area contributed by atoms with E-state index in [4.69, 9.17) is 11.5 Å². The molecule has 0 bridgehead atoms. The number of hydrogen-bond acceptors (Lipinski definition) is 6. The Hall–Kier alpha value is -0.617. The zero-order valence-corrected chi connectivity index (χ0v) is 19.1. The van der Waals surface area contributed by atoms with Gasteiger partial charge >= 0.3 is 31.5 Å². The number of urea groups is 2. The van der Waals surface area contributed by atoms with Crippen LogP contribution in [0.4, 0.5) is 9.59 Å². The number of rotatable bonds is 10. The molecule has 0 aliphatic carbocycles. The van der Waals surface area contributed by atoms with E-state index >= 15 is 0 Å². The van der Waals surface area contributed by atoms with Gasteiger partial charge in [0, 0.05) is 0 Å². The SMILES string of the molecule is CCCCC(NC(N)=O)S(=O)[O-].CCCCC(NC(N)=O)S(=O)[O-].[Zn+2]. The average Bonchev–Trinajstić information content (AvgIpc) is 2.47. The summed E-state index contributed by atoms with van der Waals surface area (Å²) in [5.74, 6) is 0. The van der Waals surface area contributed by atoms with Gasteiger partial charge in [0.05, 0.1) is 10.7 Å². The number of nitrogens with two attached hydrogens (primary N) is 2. The zero-order valence-electron chi connectivity index (χ0n) is 14.5. The second kappa shape index (κ2) is 18.2. The van der Waals surface area contributed by atoms with Gasteiger partial charge in [-0.2, -0.15) is 0 Å². The number of hydrogen-bond donors (Lipinski definition) is 4. The fourth-order valence-corrected chi connectivity index (χ4v) is 2.67. The van der Waals surface area contributed by atoms with Crippen molar-refractivity contribution in [1.29, 1.82) is 0 Å². The van der Waals surface area contributed by atoms with Gasteiger partial charge in [0.2, 0.25) is 0 Å². The van der Waals surface area contributed by atoms with E-state index in [9.17, 15) is 27.1 Å². The van der Waals surface area contributed by atoms with Crippen LogP contribution in [-0.2, 0) is 41.6 Å². The van der Waals surface area contributed by atoms with Crippen molar-refractivity contribution in [2.75, 3.05) is 0 Å². The molecule has 25 heavy (non-hydrogen) atoms. The van der Waals surface area contributed by atoms with Crippen LogP contribution in [-0.4, -0.2) is 40.3 Å². The molecule has 0 radical (unpaired) electrons. The molecule has 0 saturated heterocycles. The quantitative estimate of drug-likeness (QED) is 0.268. The first kappa shape index (κ1) is 29.2. The summed E-state index contributed by atoms with van der Waals surface area (Å²) in [5, 5.41) is 2.59. The van der Waals surface area contributed by atoms with Crippen LogP contribution in [0.15, 0.2) is 0 Å². The molecule has 0 spiro atoms. The fourth-order valence-electron chi connectivity index (χ4n) is 1.53. The Labute approximate surface area is 166 Å². The number of carbonyl (C=O) groups is 2. The van der Waals surface area contributed by atoms with Crippen LogP contribution < -0.4 is 22.1 Å². The Morgan fingerprint density at radius 2 is 1.16 bits per heavy atom. The number of nitrogens with one attached hydrogen (secondary N) is 2. The minimum Gasteiger partial charge on any atom is -0.771 e. The number of primary amides is 2. The molecule has 0 aromatic heterocycles. The van der Waals surface area contributed by atoms with Crippen molar-refractivity contribution in [2.45, 2.75) is 63.1 Å². The van der Waals surface area contributed by atoms with Crippen LogP contribution in [0.3, 0.4) is 0 Å². The first-order valence-electron chi connectivity index (χ1n) is 7.43. The van der Waals surface area contributed by atoms with Gasteiger partial charge in [0.15, 0.2) is 0 Å². The molecule has 4 unspecified atom stereocenters. The number of carbonyl (C=O) groups excluding carboxylic acids is 2. The first-order valence-corrected chi connectivity index (χ1v) is 9.71. The van der Waals surface area contributed by atoms with E-state index in [1.165, 1.54) is 0 Å². The summed E-state index contributed by atoms with van der Waals surface area (Å²) in [6.45, 7) is 3.88. The van der Waals surface area contributed by atoms with E-state index in [-0.39, 0.29) is 19.5 Å². The van der Waals surface area contributed by atoms with Crippen LogP contribution in [0.2, 0.25) is 0 Å². The largest absolute Gasteiger partial charge is 2.00 e. The molecule has 13 heteroatoms. The van der Waals surface area contributed by atoms with Crippen molar-refractivity contribution in [1.82, 2.24) is 10.6 Å². The normalized spacial score (nSPS) is 14.6. The molecule has 4 amide bonds. The summed E-state index contributed by atoms with van der Waals surface area (Å²) in [6, 6.07) is -1.61. The molecule has 0 saturated carbocycles. The molecule has 0 aliphatic rings. The van der Waals surface area contributed by atoms with Gasteiger partial charge in [0.1, 0.15) is 0 Å². The molecule has 0 rings (SSSR count). The monoisotopic (exact) mass is 450 g/mol. The predicted molar refractivity (Wildman–Crippen MR) is 89.9 cm³/mol. The summed E-state index contributed by atoms with van der Waals surface area (Å²) in [4.78, 5) is 20.6. The van der Waals surface area contributed by atoms with E-state index in [1.807, 2.05) is 13.8 Å². The predicted octanol–water partition coefficient (Wildman–Crippen LogP) is 0.0977. The Kier molecular flexibility index (Phi) is 21.2. The molecule has 0 aromatic carbocycles. The second-order valence-corrected chi connectivity index (χ2v) is 6.98. The van der Waals surface area contributed by atoms with E-state index in [0.717, 1.165) is 25.7 Å². The summed E-state index contributed by atoms with van der Waals surface area (Å²) in [6.07, 6.45) is 4.09. The van der Waals surface area contributed by atoms with E-state index in [1.54, 1.807) is 0 Å². The molecule has 0 fully saturated rings. The maximum Gasteiger partial charge on any atom is 2.00 e. The van der Waals surface area contributed by atoms with Crippen LogP contribution in [0.5, 0.6) is 0 Å². The molecular weight excluding hydrogens is 426 g/mol. The van der Waals surface area contributed by atoms with Gasteiger partial charge in [-0.15, -0.1) is 0 Å². The summed E-state index contributed by atoms with van der Waals surface area (Å²) in [7, 11) is 0. The topological polar surface area (TPSA) is 190 Å². The molecule has 6 N–H and O–H groups in total. The molecule has 4 atom stereocenters. The van der Waals surface area contributed by atoms with Crippen LogP contribution in [0.1, 0.15) is 52.4 Å². The van der Waals surface area contributed by atoms with Crippen molar-refractivity contribution in [3.05, 3.63) is 0 Å². The third-order valence-corrected chi connectivity index (χ3v) is 4.35. The van der Waals surface area contributed by atoms with E-state index in [0.29, 0.717) is 12.8 Å². The van der Waals surface area contributed by atoms with Crippen molar-refractivity contribution in [3.8, 4) is 0 Å². The molecular formula is C12H26N4O6S2Zn. The van der Waals surface area contributed by atoms with E-state index < -0.39 is 45.0 Å². The van der Waals surface area contributed by atoms with Gasteiger partial charge in [-0.3, -0.25) is 8.42 Å². The van der Waals surface area contributed by atoms with Crippen LogP contribution in [0.25, 0.3) is 0 Å². The van der Waals surface area contributed by atoms with Gasteiger partial charge in [-0.05, 0) is 35.0 Å². The zero-order chi connectivity index (χ0) is 19.1. The molecule has 144 valence electrons. The number of amides is 4. The van der Waals surface area contributed by atoms with E-state index in [2.05, 4.69) is 10.6 Å². The Morgan fingerprint density at radius 1 is 0.880 bits per heavy atom. The molecule has 0 aliphatic heterocycles. The Balaban J connectivity index is -0.000000372. The maximum atomic E-state index is 10.5. The van der Waals surface area contributed by atoms with Crippen molar-refractivity contribution < 1.29 is 46.6 Å². The van der Waals surface area contributed by atoms with Gasteiger partial charge in [0.25, 0.3) is 0 Å². The standard InChI is InChI=1S/2C6H14N2O3S.Zn/c2*1-2-3-4-5(12(10)11)8-6(7)9;/h2*5H,2-4H2,1H3,(H,10,11)(H3,7,8,9);/q;;+2/p-2. The van der Waals surface area contributed by atoms with Gasteiger partial charge in [-0.1, -0.05) is 39.5 Å². The van der Waals surface area contributed by atoms with Crippen LogP contribution in [0, 0.1) is 0 Å². The average molecular weight is 452 g/mol. The Morgan fingerprint density at radius 3 is 1.32 bits per heavy atom. The smallest absolute Gasteiger partial charge is 0.771 e. The molecule has 10 nitrogen and oxygen atoms in total. The fraction of sp³-hybridized carbons (Fsp3) is 0.833. The Bertz CT molecular complexity index is 392. The third-order valence-electron chi connectivity index (χ3n) is 2.71. The van der Waals surface area contributed by atoms with Crippen molar-refractivity contribution >= 4 is 34.2 Å². The van der Waals surface area contributed by atoms with Gasteiger partial charge in [-0.25, -0.2) is 9.59 Å². The van der Waals surface area contributed by atoms with Crippen molar-refractivity contribution in [2.24, 2.45) is 11.5 Å². The second-order valence-electron chi connectivity index (χ2n) is 4.80. The summed E-state index contributed by atoms with van der Waals surface area (Å²) in [5.41, 5.74) is 9.56. The molecule has 0 aromatic rings. The molecule has 0 heterocycles. The number of unbranched alkanes of at least 4 members (excludes halogenated alkanes) is 2. The van der Waals surface area contributed by atoms with Gasteiger partial charge < -0.3 is 31.2 Å². The minimum absolute atomic E-state index is 0. The van der Waals surface area contributed by atoms with Crippen LogP contribution >= 0.6 is 0 Å². The van der Waals surface area contributed by atoms with Crippen molar-refractivity contribution in [3.63, 3.8) is 0 Å². The maximum absolute atomic E-state index is 10.5. The summed E-state index contributed by atoms with van der Waals surface area (Å²) >= 11 is -4.57. The third kappa shape index (κ3) is 19.6. The summed E-state index contributed by atoms with van der Waals surface area (Å²) < 4.78 is 41.9. The first-order chi connectivity index (χ1) is 11.1. The minimum atomic E-state index is -2.29.